The molecule has 0 aromatic rings. The van der Waals surface area contributed by atoms with E-state index >= 15 is 0 Å². The number of oxime groups is 1. The van der Waals surface area contributed by atoms with Gasteiger partial charge in [0.05, 0.1) is 11.3 Å². The molecule has 1 aliphatic rings. The average Bonchev–Trinajstić information content (AvgIpc) is 2.59. The van der Waals surface area contributed by atoms with Gasteiger partial charge in [-0.1, -0.05) is 18.5 Å². The molecule has 1 unspecified atom stereocenters. The van der Waals surface area contributed by atoms with Gasteiger partial charge in [0.25, 0.3) is 0 Å². The Labute approximate surface area is 107 Å². The molecule has 100 valence electrons. The quantitative estimate of drug-likeness (QED) is 0.675. The Morgan fingerprint density at radius 2 is 2.06 bits per heavy atom. The molecule has 3 nitrogen and oxygen atoms in total. The number of hydrogen-bond acceptors (Lipinski definition) is 3. The lowest BCUT2D eigenvalue weighted by Gasteiger charge is -2.32. The van der Waals surface area contributed by atoms with Gasteiger partial charge in [-0.05, 0) is 46.3 Å². The molecule has 1 heterocycles. The zero-order valence-corrected chi connectivity index (χ0v) is 13.2. The maximum atomic E-state index is 6.19. The van der Waals surface area contributed by atoms with E-state index in [1.54, 1.807) is 0 Å². The van der Waals surface area contributed by atoms with Crippen molar-refractivity contribution in [1.82, 2.24) is 0 Å². The molecule has 0 aromatic heterocycles. The van der Waals surface area contributed by atoms with Crippen LogP contribution in [-0.2, 0) is 9.26 Å². The van der Waals surface area contributed by atoms with Gasteiger partial charge >= 0.3 is 0 Å². The fraction of sp³-hybridized carbons (Fsp3) is 0.923. The Morgan fingerprint density at radius 3 is 2.59 bits per heavy atom. The fourth-order valence-electron chi connectivity index (χ4n) is 2.19. The molecule has 0 saturated carbocycles. The number of rotatable bonds is 6. The van der Waals surface area contributed by atoms with E-state index in [0.29, 0.717) is 0 Å². The molecule has 0 fully saturated rings. The second kappa shape index (κ2) is 5.53. The molecule has 17 heavy (non-hydrogen) atoms. The summed E-state index contributed by atoms with van der Waals surface area (Å²) in [5, 5.41) is 4.24. The molecule has 0 aromatic carbocycles. The first-order chi connectivity index (χ1) is 7.74. The summed E-state index contributed by atoms with van der Waals surface area (Å²) in [7, 11) is -1.54. The second-order valence-corrected chi connectivity index (χ2v) is 10.8. The van der Waals surface area contributed by atoms with Crippen LogP contribution in [0, 0.1) is 0 Å². The van der Waals surface area contributed by atoms with Crippen molar-refractivity contribution in [3.8, 4) is 0 Å². The Balaban J connectivity index is 2.51. The van der Waals surface area contributed by atoms with E-state index in [4.69, 9.17) is 9.26 Å². The summed E-state index contributed by atoms with van der Waals surface area (Å²) >= 11 is 0. The van der Waals surface area contributed by atoms with Crippen molar-refractivity contribution < 1.29 is 9.26 Å². The standard InChI is InChI=1S/C13H27NO2Si/c1-7-8-9-11-10-12(14-15-11)13(2,3)16-17(4,5)6/h11H,7-10H2,1-6H3. The molecule has 0 amide bonds. The van der Waals surface area contributed by atoms with Gasteiger partial charge in [-0.15, -0.1) is 0 Å². The summed E-state index contributed by atoms with van der Waals surface area (Å²) in [5.41, 5.74) is 0.798. The summed E-state index contributed by atoms with van der Waals surface area (Å²) in [5.74, 6) is 0. The number of unbranched alkanes of at least 4 members (excludes halogenated alkanes) is 1. The first kappa shape index (κ1) is 14.7. The highest BCUT2D eigenvalue weighted by atomic mass is 28.4. The average molecular weight is 257 g/mol. The predicted molar refractivity (Wildman–Crippen MR) is 75.0 cm³/mol. The summed E-state index contributed by atoms with van der Waals surface area (Å²) in [4.78, 5) is 5.49. The van der Waals surface area contributed by atoms with Crippen LogP contribution in [0.15, 0.2) is 5.16 Å². The predicted octanol–water partition coefficient (Wildman–Crippen LogP) is 3.95. The summed E-state index contributed by atoms with van der Waals surface area (Å²) in [6.45, 7) is 13.0. The summed E-state index contributed by atoms with van der Waals surface area (Å²) < 4.78 is 6.19. The van der Waals surface area contributed by atoms with E-state index in [9.17, 15) is 0 Å². The van der Waals surface area contributed by atoms with Gasteiger partial charge in [0, 0.05) is 6.42 Å². The van der Waals surface area contributed by atoms with Gasteiger partial charge in [0.2, 0.25) is 0 Å². The van der Waals surface area contributed by atoms with Crippen LogP contribution in [0.4, 0.5) is 0 Å². The lowest BCUT2D eigenvalue weighted by Crippen LogP contribution is -2.44. The third-order valence-corrected chi connectivity index (χ3v) is 3.99. The van der Waals surface area contributed by atoms with Crippen LogP contribution in [0.25, 0.3) is 0 Å². The largest absolute Gasteiger partial charge is 0.407 e. The molecule has 4 heteroatoms. The molecule has 0 radical (unpaired) electrons. The summed E-state index contributed by atoms with van der Waals surface area (Å²) in [6, 6.07) is 0. The minimum Gasteiger partial charge on any atom is -0.407 e. The van der Waals surface area contributed by atoms with Gasteiger partial charge in [0.1, 0.15) is 6.10 Å². The third kappa shape index (κ3) is 4.80. The Hall–Kier alpha value is -0.353. The Kier molecular flexibility index (Phi) is 4.78. The molecule has 0 N–H and O–H groups in total. The van der Waals surface area contributed by atoms with Crippen LogP contribution in [-0.4, -0.2) is 25.7 Å². The highest BCUT2D eigenvalue weighted by Crippen LogP contribution is 2.27. The van der Waals surface area contributed by atoms with Crippen LogP contribution >= 0.6 is 0 Å². The maximum Gasteiger partial charge on any atom is 0.185 e. The lowest BCUT2D eigenvalue weighted by atomic mass is 9.96. The number of hydrogen-bond donors (Lipinski definition) is 0. The SMILES string of the molecule is CCCCC1CC(C(C)(C)O[Si](C)(C)C)=NO1. The van der Waals surface area contributed by atoms with E-state index in [1.165, 1.54) is 12.8 Å². The zero-order valence-electron chi connectivity index (χ0n) is 12.2. The van der Waals surface area contributed by atoms with Crippen LogP contribution in [0.1, 0.15) is 46.5 Å². The molecular weight excluding hydrogens is 230 g/mol. The number of nitrogens with zero attached hydrogens (tertiary/aromatic N) is 1. The topological polar surface area (TPSA) is 30.8 Å². The highest BCUT2D eigenvalue weighted by molar-refractivity contribution is 6.70. The van der Waals surface area contributed by atoms with Crippen LogP contribution < -0.4 is 0 Å². The van der Waals surface area contributed by atoms with Crippen molar-refractivity contribution in [1.29, 1.82) is 0 Å². The van der Waals surface area contributed by atoms with E-state index in [0.717, 1.165) is 18.6 Å². The smallest absolute Gasteiger partial charge is 0.185 e. The van der Waals surface area contributed by atoms with Gasteiger partial charge < -0.3 is 9.26 Å². The molecule has 1 aliphatic heterocycles. The van der Waals surface area contributed by atoms with Crippen molar-refractivity contribution in [2.24, 2.45) is 5.16 Å². The van der Waals surface area contributed by atoms with E-state index in [-0.39, 0.29) is 11.7 Å². The minimum absolute atomic E-state index is 0.272. The molecule has 0 spiro atoms. The molecular formula is C13H27NO2Si. The van der Waals surface area contributed by atoms with Crippen LogP contribution in [0.2, 0.25) is 19.6 Å². The van der Waals surface area contributed by atoms with Gasteiger partial charge in [-0.3, -0.25) is 0 Å². The molecule has 0 aliphatic carbocycles. The normalized spacial score (nSPS) is 21.3. The first-order valence-electron chi connectivity index (χ1n) is 6.68. The maximum absolute atomic E-state index is 6.19. The van der Waals surface area contributed by atoms with E-state index < -0.39 is 8.32 Å². The fourth-order valence-corrected chi connectivity index (χ4v) is 3.84. The molecule has 1 atom stereocenters. The minimum atomic E-state index is -1.54. The Bertz CT molecular complexity index is 282. The van der Waals surface area contributed by atoms with E-state index in [2.05, 4.69) is 45.6 Å². The first-order valence-corrected chi connectivity index (χ1v) is 10.1. The van der Waals surface area contributed by atoms with Gasteiger partial charge in [-0.25, -0.2) is 0 Å². The lowest BCUT2D eigenvalue weighted by molar-refractivity contribution is 0.0771. The third-order valence-electron chi connectivity index (χ3n) is 2.87. The Morgan fingerprint density at radius 1 is 1.41 bits per heavy atom. The second-order valence-electron chi connectivity index (χ2n) is 6.34. The van der Waals surface area contributed by atoms with Gasteiger partial charge in [0.15, 0.2) is 8.32 Å². The van der Waals surface area contributed by atoms with Crippen LogP contribution in [0.5, 0.6) is 0 Å². The molecule has 0 bridgehead atoms. The molecule has 0 saturated heterocycles. The zero-order chi connectivity index (χ0) is 13.1. The summed E-state index contributed by atoms with van der Waals surface area (Å²) in [6.07, 6.45) is 4.73. The van der Waals surface area contributed by atoms with Crippen LogP contribution in [0.3, 0.4) is 0 Å². The monoisotopic (exact) mass is 257 g/mol. The van der Waals surface area contributed by atoms with Crippen molar-refractivity contribution in [3.63, 3.8) is 0 Å². The molecule has 1 rings (SSSR count). The van der Waals surface area contributed by atoms with Gasteiger partial charge in [-0.2, -0.15) is 0 Å². The van der Waals surface area contributed by atoms with Crippen molar-refractivity contribution in [2.45, 2.75) is 77.8 Å². The van der Waals surface area contributed by atoms with Crippen molar-refractivity contribution in [3.05, 3.63) is 0 Å². The van der Waals surface area contributed by atoms with Crippen molar-refractivity contribution >= 4 is 14.0 Å². The van der Waals surface area contributed by atoms with E-state index in [1.807, 2.05) is 0 Å². The highest BCUT2D eigenvalue weighted by Gasteiger charge is 2.36. The van der Waals surface area contributed by atoms with Crippen molar-refractivity contribution in [2.75, 3.05) is 0 Å².